The predicted octanol–water partition coefficient (Wildman–Crippen LogP) is 3.67. The van der Waals surface area contributed by atoms with Crippen molar-refractivity contribution >= 4 is 5.97 Å². The molecule has 0 spiro atoms. The molecular weight excluding hydrogens is 674 g/mol. The number of cyclic esters (lactones) is 1. The van der Waals surface area contributed by atoms with Crippen molar-refractivity contribution in [3.63, 3.8) is 0 Å². The molecule has 52 heavy (non-hydrogen) atoms. The maximum Gasteiger partial charge on any atom is 0.311 e. The quantitative estimate of drug-likeness (QED) is 0.227. The van der Waals surface area contributed by atoms with E-state index < -0.39 is 95.8 Å². The molecule has 0 aromatic carbocycles. The molecule has 4 heterocycles. The summed E-state index contributed by atoms with van der Waals surface area (Å²) >= 11 is 0. The Kier molecular flexibility index (Phi) is 14.0. The Morgan fingerprint density at radius 2 is 1.65 bits per heavy atom. The Morgan fingerprint density at radius 1 is 1.02 bits per heavy atom. The van der Waals surface area contributed by atoms with Crippen LogP contribution in [0.4, 0.5) is 0 Å². The summed E-state index contributed by atoms with van der Waals surface area (Å²) < 4.78 is 45.2. The van der Waals surface area contributed by atoms with Gasteiger partial charge >= 0.3 is 5.97 Å². The summed E-state index contributed by atoms with van der Waals surface area (Å²) in [6.45, 7) is 23.7. The fraction of sp³-hybridized carbons (Fsp3) is 0.923. The van der Waals surface area contributed by atoms with Gasteiger partial charge in [0, 0.05) is 31.9 Å². The summed E-state index contributed by atoms with van der Waals surface area (Å²) in [7, 11) is 1.53. The van der Waals surface area contributed by atoms with Crippen molar-refractivity contribution in [1.82, 2.24) is 4.90 Å². The third-order valence-electron chi connectivity index (χ3n) is 12.5. The monoisotopic (exact) mass is 743 g/mol. The summed E-state index contributed by atoms with van der Waals surface area (Å²) in [5.41, 5.74) is -2.95. The molecule has 4 aliphatic rings. The Bertz CT molecular complexity index is 1240. The van der Waals surface area contributed by atoms with Crippen LogP contribution in [0.25, 0.3) is 0 Å². The molecule has 0 aliphatic carbocycles. The van der Waals surface area contributed by atoms with Gasteiger partial charge in [-0.3, -0.25) is 9.69 Å². The van der Waals surface area contributed by atoms with E-state index in [2.05, 4.69) is 18.7 Å². The lowest BCUT2D eigenvalue weighted by atomic mass is 9.78. The number of carbonyl (C=O) groups excluding carboxylic acids is 1. The van der Waals surface area contributed by atoms with Crippen molar-refractivity contribution < 1.29 is 58.4 Å². The van der Waals surface area contributed by atoms with Gasteiger partial charge in [-0.2, -0.15) is 0 Å². The average Bonchev–Trinajstić information content (AvgIpc) is 3.41. The van der Waals surface area contributed by atoms with Crippen molar-refractivity contribution in [2.24, 2.45) is 17.8 Å². The SMILES string of the molecule is CC[C@@H](O)[C@@](C)(O)[C@@H]1OC(=O)[C@H](C)[C@@H](O[C@H]2CC(C)(OC)[C@@H](O)C(C)O2)[C@H](C)[C@@H](O[C@@H]2OC(C)CC(N(CC)CC)C2O)C2(C)CC(C)=C(O2)[C@@H]1C. The van der Waals surface area contributed by atoms with Crippen molar-refractivity contribution in [3.8, 4) is 0 Å². The van der Waals surface area contributed by atoms with Crippen LogP contribution < -0.4 is 0 Å². The molecule has 0 amide bonds. The largest absolute Gasteiger partial charge is 0.488 e. The summed E-state index contributed by atoms with van der Waals surface area (Å²) in [5.74, 6) is -2.25. The zero-order valence-electron chi connectivity index (χ0n) is 33.8. The number of hydrogen-bond donors (Lipinski definition) is 4. The highest BCUT2D eigenvalue weighted by Gasteiger charge is 2.57. The van der Waals surface area contributed by atoms with E-state index in [9.17, 15) is 25.2 Å². The molecule has 302 valence electrons. The number of nitrogens with zero attached hydrogens (tertiary/aromatic N) is 1. The van der Waals surface area contributed by atoms with Crippen LogP contribution in [0.3, 0.4) is 0 Å². The van der Waals surface area contributed by atoms with Crippen molar-refractivity contribution in [3.05, 3.63) is 11.3 Å². The van der Waals surface area contributed by atoms with E-state index >= 15 is 0 Å². The molecule has 2 bridgehead atoms. The Labute approximate surface area is 311 Å². The maximum atomic E-state index is 14.3. The average molecular weight is 744 g/mol. The zero-order chi connectivity index (χ0) is 39.1. The first kappa shape index (κ1) is 43.3. The van der Waals surface area contributed by atoms with Gasteiger partial charge in [0.1, 0.15) is 41.4 Å². The molecule has 0 aromatic rings. The molecule has 0 aromatic heterocycles. The van der Waals surface area contributed by atoms with E-state index in [-0.39, 0.29) is 25.0 Å². The molecule has 4 rings (SSSR count). The van der Waals surface area contributed by atoms with Crippen LogP contribution in [0, 0.1) is 17.8 Å². The van der Waals surface area contributed by atoms with E-state index in [0.29, 0.717) is 18.6 Å². The lowest BCUT2D eigenvalue weighted by Gasteiger charge is -2.49. The number of hydrogen-bond acceptors (Lipinski definition) is 13. The van der Waals surface area contributed by atoms with Gasteiger partial charge in [-0.05, 0) is 80.0 Å². The topological polar surface area (TPSA) is 166 Å². The van der Waals surface area contributed by atoms with Gasteiger partial charge in [-0.25, -0.2) is 0 Å². The number of likely N-dealkylation sites (N-methyl/N-ethyl adjacent to an activating group) is 1. The highest BCUT2D eigenvalue weighted by molar-refractivity contribution is 5.73. The lowest BCUT2D eigenvalue weighted by molar-refractivity contribution is -0.317. The third kappa shape index (κ3) is 8.39. The number of aliphatic hydroxyl groups excluding tert-OH is 3. The van der Waals surface area contributed by atoms with E-state index in [1.807, 2.05) is 34.6 Å². The fourth-order valence-corrected chi connectivity index (χ4v) is 9.27. The maximum absolute atomic E-state index is 14.3. The Hall–Kier alpha value is -1.39. The number of methoxy groups -OCH3 is 1. The minimum Gasteiger partial charge on any atom is -0.488 e. The van der Waals surface area contributed by atoms with Gasteiger partial charge in [0.2, 0.25) is 0 Å². The summed E-state index contributed by atoms with van der Waals surface area (Å²) in [4.78, 5) is 16.5. The second-order valence-corrected chi connectivity index (χ2v) is 16.6. The molecule has 0 saturated carbocycles. The van der Waals surface area contributed by atoms with E-state index in [1.165, 1.54) is 14.0 Å². The lowest BCUT2D eigenvalue weighted by Crippen LogP contribution is -2.60. The molecule has 4 aliphatic heterocycles. The van der Waals surface area contributed by atoms with E-state index in [4.69, 9.17) is 33.2 Å². The molecule has 6 unspecified atom stereocenters. The summed E-state index contributed by atoms with van der Waals surface area (Å²) in [5, 5.41) is 45.5. The first-order valence-electron chi connectivity index (χ1n) is 19.5. The highest BCUT2D eigenvalue weighted by Crippen LogP contribution is 2.48. The molecule has 3 fully saturated rings. The summed E-state index contributed by atoms with van der Waals surface area (Å²) in [6, 6.07) is -0.196. The van der Waals surface area contributed by atoms with Crippen molar-refractivity contribution in [2.75, 3.05) is 20.2 Å². The molecule has 17 atom stereocenters. The van der Waals surface area contributed by atoms with E-state index in [0.717, 1.165) is 18.7 Å². The van der Waals surface area contributed by atoms with E-state index in [1.54, 1.807) is 27.7 Å². The van der Waals surface area contributed by atoms with Gasteiger partial charge in [-0.15, -0.1) is 0 Å². The van der Waals surface area contributed by atoms with Gasteiger partial charge in [-0.1, -0.05) is 34.6 Å². The second-order valence-electron chi connectivity index (χ2n) is 16.6. The van der Waals surface area contributed by atoms with Gasteiger partial charge in [0.05, 0.1) is 41.9 Å². The van der Waals surface area contributed by atoms with Crippen LogP contribution in [-0.2, 0) is 38.0 Å². The van der Waals surface area contributed by atoms with Gasteiger partial charge < -0.3 is 53.6 Å². The van der Waals surface area contributed by atoms with Crippen LogP contribution in [0.1, 0.15) is 109 Å². The van der Waals surface area contributed by atoms with Crippen LogP contribution >= 0.6 is 0 Å². The number of fused-ring (bicyclic) bond motifs is 2. The minimum atomic E-state index is -1.82. The molecular formula is C39H69NO12. The first-order chi connectivity index (χ1) is 24.2. The van der Waals surface area contributed by atoms with Crippen LogP contribution in [0.5, 0.6) is 0 Å². The van der Waals surface area contributed by atoms with Crippen molar-refractivity contribution in [2.45, 2.75) is 193 Å². The second kappa shape index (κ2) is 16.8. The highest BCUT2D eigenvalue weighted by atomic mass is 16.7. The number of carbonyl (C=O) groups is 1. The summed E-state index contributed by atoms with van der Waals surface area (Å²) in [6.07, 6.45) is -7.21. The Balaban J connectivity index is 1.83. The van der Waals surface area contributed by atoms with Crippen LogP contribution in [0.15, 0.2) is 11.3 Å². The minimum absolute atomic E-state index is 0.175. The fourth-order valence-electron chi connectivity index (χ4n) is 9.27. The number of esters is 1. The Morgan fingerprint density at radius 3 is 2.23 bits per heavy atom. The molecule has 4 N–H and O–H groups in total. The molecule has 13 nitrogen and oxygen atoms in total. The molecule has 3 saturated heterocycles. The first-order valence-corrected chi connectivity index (χ1v) is 19.5. The van der Waals surface area contributed by atoms with Crippen LogP contribution in [-0.4, -0.2) is 136 Å². The number of ether oxygens (including phenoxy) is 7. The number of rotatable bonds is 11. The predicted molar refractivity (Wildman–Crippen MR) is 193 cm³/mol. The third-order valence-corrected chi connectivity index (χ3v) is 12.5. The van der Waals surface area contributed by atoms with Gasteiger partial charge in [0.25, 0.3) is 0 Å². The normalized spacial score (nSPS) is 45.2. The standard InChI is InChI=1S/C39H69NO12/c1-14-27(41)39(12,45)34-22(6)30-20(4)18-38(11,52-30)33(51-36-29(42)26(17-21(5)47-36)40(15-2)16-3)23(7)31(24(8)35(44)50-34)49-28-19-37(10,46-13)32(43)25(9)48-28/h21-29,31-34,36,41-43,45H,14-19H2,1-13H3/t21?,22-,23-,24+,25?,26?,27+,28-,29?,31-,32-,33+,34+,36-,37?,38?,39+/m0/s1. The molecule has 13 heteroatoms. The van der Waals surface area contributed by atoms with Crippen molar-refractivity contribution in [1.29, 1.82) is 0 Å². The zero-order valence-corrected chi connectivity index (χ0v) is 33.8. The molecule has 0 radical (unpaired) electrons. The van der Waals surface area contributed by atoms with Crippen LogP contribution in [0.2, 0.25) is 0 Å². The smallest absolute Gasteiger partial charge is 0.311 e. The van der Waals surface area contributed by atoms with Gasteiger partial charge in [0.15, 0.2) is 12.6 Å². The number of aliphatic hydroxyl groups is 4.